The average Bonchev–Trinajstić information content (AvgIpc) is 2.78. The number of benzene rings is 1. The molecule has 1 aromatic carbocycles. The Hall–Kier alpha value is -1.85. The zero-order chi connectivity index (χ0) is 16.1. The van der Waals surface area contributed by atoms with E-state index in [1.54, 1.807) is 0 Å². The molecule has 0 fully saturated rings. The van der Waals surface area contributed by atoms with Crippen molar-refractivity contribution in [3.8, 4) is 5.75 Å². The molecule has 0 radical (unpaired) electrons. The molecule has 1 heterocycles. The van der Waals surface area contributed by atoms with Crippen LogP contribution in [-0.4, -0.2) is 41.5 Å². The van der Waals surface area contributed by atoms with Gasteiger partial charge >= 0.3 is 0 Å². The van der Waals surface area contributed by atoms with E-state index in [1.165, 1.54) is 5.56 Å². The minimum atomic E-state index is -0.549. The van der Waals surface area contributed by atoms with Crippen molar-refractivity contribution < 1.29 is 14.4 Å². The van der Waals surface area contributed by atoms with Crippen LogP contribution in [0.4, 0.5) is 0 Å². The Bertz CT molecular complexity index is 573. The van der Waals surface area contributed by atoms with Gasteiger partial charge in [-0.05, 0) is 40.0 Å². The highest BCUT2D eigenvalue weighted by Crippen LogP contribution is 2.15. The van der Waals surface area contributed by atoms with Crippen LogP contribution in [0.5, 0.6) is 5.75 Å². The van der Waals surface area contributed by atoms with Crippen molar-refractivity contribution in [3.63, 3.8) is 0 Å². The van der Waals surface area contributed by atoms with Crippen molar-refractivity contribution in [1.82, 2.24) is 10.1 Å². The monoisotopic (exact) mass is 304 g/mol. The van der Waals surface area contributed by atoms with Gasteiger partial charge in [-0.3, -0.25) is 4.90 Å². The molecular formula is C17H24N2O3. The molecule has 1 N–H and O–H groups in total. The van der Waals surface area contributed by atoms with Gasteiger partial charge < -0.3 is 14.4 Å². The minimum absolute atomic E-state index is 0.273. The van der Waals surface area contributed by atoms with Crippen molar-refractivity contribution in [2.75, 3.05) is 20.2 Å². The molecule has 5 nitrogen and oxygen atoms in total. The van der Waals surface area contributed by atoms with Gasteiger partial charge in [-0.15, -0.1) is 0 Å². The standard InChI is InChI=1S/C17H24N2O3/c1-12-5-7-16(8-6-12)21-11-15(20)9-19(4)10-17-13(2)18-22-14(17)3/h5-8,15,20H,9-11H2,1-4H3. The summed E-state index contributed by atoms with van der Waals surface area (Å²) in [5, 5.41) is 14.0. The highest BCUT2D eigenvalue weighted by Gasteiger charge is 2.14. The highest BCUT2D eigenvalue weighted by molar-refractivity contribution is 5.26. The summed E-state index contributed by atoms with van der Waals surface area (Å²) in [4.78, 5) is 2.04. The third kappa shape index (κ3) is 4.58. The fraction of sp³-hybridized carbons (Fsp3) is 0.471. The van der Waals surface area contributed by atoms with E-state index < -0.39 is 6.10 Å². The first kappa shape index (κ1) is 16.5. The molecule has 1 unspecified atom stereocenters. The maximum Gasteiger partial charge on any atom is 0.138 e. The number of likely N-dealkylation sites (N-methyl/N-ethyl adjacent to an activating group) is 1. The second kappa shape index (κ2) is 7.42. The van der Waals surface area contributed by atoms with E-state index in [1.807, 2.05) is 57.0 Å². The topological polar surface area (TPSA) is 58.7 Å². The molecule has 2 rings (SSSR count). The summed E-state index contributed by atoms with van der Waals surface area (Å²) < 4.78 is 10.8. The highest BCUT2D eigenvalue weighted by atomic mass is 16.5. The van der Waals surface area contributed by atoms with Crippen molar-refractivity contribution >= 4 is 0 Å². The maximum absolute atomic E-state index is 10.1. The molecule has 0 saturated carbocycles. The molecule has 2 aromatic rings. The lowest BCUT2D eigenvalue weighted by Gasteiger charge is -2.20. The Morgan fingerprint density at radius 2 is 1.91 bits per heavy atom. The third-order valence-electron chi connectivity index (χ3n) is 3.60. The molecular weight excluding hydrogens is 280 g/mol. The van der Waals surface area contributed by atoms with Crippen LogP contribution in [0.3, 0.4) is 0 Å². The van der Waals surface area contributed by atoms with Crippen LogP contribution in [0, 0.1) is 20.8 Å². The zero-order valence-electron chi connectivity index (χ0n) is 13.7. The third-order valence-corrected chi connectivity index (χ3v) is 3.60. The molecule has 0 amide bonds. The number of aromatic nitrogens is 1. The first-order chi connectivity index (χ1) is 10.5. The number of hydrogen-bond donors (Lipinski definition) is 1. The number of hydrogen-bond acceptors (Lipinski definition) is 5. The molecule has 0 spiro atoms. The summed E-state index contributed by atoms with van der Waals surface area (Å²) in [5.41, 5.74) is 3.16. The second-order valence-corrected chi connectivity index (χ2v) is 5.78. The van der Waals surface area contributed by atoms with Crippen LogP contribution in [0.1, 0.15) is 22.6 Å². The van der Waals surface area contributed by atoms with Crippen molar-refractivity contribution in [2.24, 2.45) is 0 Å². The van der Waals surface area contributed by atoms with Crippen LogP contribution in [-0.2, 0) is 6.54 Å². The quantitative estimate of drug-likeness (QED) is 0.851. The summed E-state index contributed by atoms with van der Waals surface area (Å²) >= 11 is 0. The molecule has 0 aliphatic rings. The van der Waals surface area contributed by atoms with Crippen LogP contribution < -0.4 is 4.74 Å². The molecule has 0 aliphatic heterocycles. The average molecular weight is 304 g/mol. The smallest absolute Gasteiger partial charge is 0.138 e. The Balaban J connectivity index is 1.79. The number of aliphatic hydroxyl groups is 1. The lowest BCUT2D eigenvalue weighted by Crippen LogP contribution is -2.33. The van der Waals surface area contributed by atoms with Gasteiger partial charge in [0.05, 0.1) is 5.69 Å². The maximum atomic E-state index is 10.1. The lowest BCUT2D eigenvalue weighted by atomic mass is 10.2. The van der Waals surface area contributed by atoms with Crippen molar-refractivity contribution in [2.45, 2.75) is 33.4 Å². The first-order valence-corrected chi connectivity index (χ1v) is 7.43. The number of aryl methyl sites for hydroxylation is 3. The first-order valence-electron chi connectivity index (χ1n) is 7.43. The van der Waals surface area contributed by atoms with Gasteiger partial charge in [0.2, 0.25) is 0 Å². The van der Waals surface area contributed by atoms with Crippen molar-refractivity contribution in [3.05, 3.63) is 46.8 Å². The summed E-state index contributed by atoms with van der Waals surface area (Å²) in [5.74, 6) is 1.60. The van der Waals surface area contributed by atoms with E-state index in [2.05, 4.69) is 5.16 Å². The van der Waals surface area contributed by atoms with Crippen LogP contribution in [0.2, 0.25) is 0 Å². The molecule has 0 aliphatic carbocycles. The minimum Gasteiger partial charge on any atom is -0.491 e. The predicted octanol–water partition coefficient (Wildman–Crippen LogP) is 2.47. The van der Waals surface area contributed by atoms with Gasteiger partial charge in [-0.1, -0.05) is 22.9 Å². The van der Waals surface area contributed by atoms with E-state index in [-0.39, 0.29) is 6.61 Å². The van der Waals surface area contributed by atoms with Crippen LogP contribution >= 0.6 is 0 Å². The van der Waals surface area contributed by atoms with E-state index in [0.29, 0.717) is 13.1 Å². The summed E-state index contributed by atoms with van der Waals surface area (Å²) in [6.07, 6.45) is -0.549. The molecule has 0 bridgehead atoms. The Labute approximate surface area is 131 Å². The van der Waals surface area contributed by atoms with Gasteiger partial charge in [0.25, 0.3) is 0 Å². The van der Waals surface area contributed by atoms with Crippen LogP contribution in [0.25, 0.3) is 0 Å². The van der Waals surface area contributed by atoms with E-state index in [0.717, 1.165) is 22.8 Å². The lowest BCUT2D eigenvalue weighted by molar-refractivity contribution is 0.0742. The fourth-order valence-electron chi connectivity index (χ4n) is 2.30. The predicted molar refractivity (Wildman–Crippen MR) is 85.0 cm³/mol. The zero-order valence-corrected chi connectivity index (χ0v) is 13.7. The van der Waals surface area contributed by atoms with Crippen molar-refractivity contribution in [1.29, 1.82) is 0 Å². The van der Waals surface area contributed by atoms with E-state index in [4.69, 9.17) is 9.26 Å². The molecule has 1 atom stereocenters. The van der Waals surface area contributed by atoms with Gasteiger partial charge in [-0.25, -0.2) is 0 Å². The number of nitrogens with zero attached hydrogens (tertiary/aromatic N) is 2. The van der Waals surface area contributed by atoms with Gasteiger partial charge in [-0.2, -0.15) is 0 Å². The molecule has 120 valence electrons. The number of aliphatic hydroxyl groups excluding tert-OH is 1. The number of rotatable bonds is 7. The summed E-state index contributed by atoms with van der Waals surface area (Å²) in [6.45, 7) is 7.35. The molecule has 22 heavy (non-hydrogen) atoms. The fourth-order valence-corrected chi connectivity index (χ4v) is 2.30. The number of ether oxygens (including phenoxy) is 1. The molecule has 5 heteroatoms. The Kier molecular flexibility index (Phi) is 5.57. The van der Waals surface area contributed by atoms with E-state index >= 15 is 0 Å². The summed E-state index contributed by atoms with van der Waals surface area (Å²) in [6, 6.07) is 7.81. The Morgan fingerprint density at radius 3 is 2.50 bits per heavy atom. The SMILES string of the molecule is Cc1ccc(OCC(O)CN(C)Cc2c(C)noc2C)cc1. The van der Waals surface area contributed by atoms with E-state index in [9.17, 15) is 5.11 Å². The largest absolute Gasteiger partial charge is 0.491 e. The molecule has 1 aromatic heterocycles. The normalized spacial score (nSPS) is 12.6. The van der Waals surface area contributed by atoms with Gasteiger partial charge in [0.15, 0.2) is 0 Å². The van der Waals surface area contributed by atoms with Crippen LogP contribution in [0.15, 0.2) is 28.8 Å². The molecule has 0 saturated heterocycles. The van der Waals surface area contributed by atoms with Gasteiger partial charge in [0, 0.05) is 18.7 Å². The second-order valence-electron chi connectivity index (χ2n) is 5.78. The Morgan fingerprint density at radius 1 is 1.23 bits per heavy atom. The summed E-state index contributed by atoms with van der Waals surface area (Å²) in [7, 11) is 1.96. The van der Waals surface area contributed by atoms with Gasteiger partial charge in [0.1, 0.15) is 24.2 Å².